The smallest absolute Gasteiger partial charge is 0.165 e. The molecule has 1 unspecified atom stereocenters. The minimum Gasteiger partial charge on any atom is -0.493 e. The highest BCUT2D eigenvalue weighted by atomic mass is 79.9. The molecule has 3 rings (SSSR count). The molecule has 1 aromatic carbocycles. The van der Waals surface area contributed by atoms with Crippen molar-refractivity contribution < 1.29 is 14.3 Å². The van der Waals surface area contributed by atoms with Crippen LogP contribution in [0.15, 0.2) is 22.7 Å². The Morgan fingerprint density at radius 3 is 3.18 bits per heavy atom. The van der Waals surface area contributed by atoms with Gasteiger partial charge in [0.2, 0.25) is 0 Å². The van der Waals surface area contributed by atoms with Crippen molar-refractivity contribution in [3.8, 4) is 5.75 Å². The summed E-state index contributed by atoms with van der Waals surface area (Å²) >= 11 is 3.43. The van der Waals surface area contributed by atoms with Crippen LogP contribution in [0.25, 0.3) is 0 Å². The zero-order valence-corrected chi connectivity index (χ0v) is 10.7. The highest BCUT2D eigenvalue weighted by molar-refractivity contribution is 9.10. The number of carbonyl (C=O) groups is 1. The molecule has 0 bridgehead atoms. The summed E-state index contributed by atoms with van der Waals surface area (Å²) in [4.78, 5) is 10.8. The molecule has 0 aromatic heterocycles. The van der Waals surface area contributed by atoms with Crippen LogP contribution in [0.2, 0.25) is 0 Å². The van der Waals surface area contributed by atoms with E-state index in [0.717, 1.165) is 28.5 Å². The maximum absolute atomic E-state index is 10.8. The van der Waals surface area contributed by atoms with Crippen LogP contribution < -0.4 is 10.1 Å². The third-order valence-corrected chi connectivity index (χ3v) is 3.79. The first-order chi connectivity index (χ1) is 8.23. The molecule has 2 aliphatic heterocycles. The average Bonchev–Trinajstić information content (AvgIpc) is 2.73. The van der Waals surface area contributed by atoms with Crippen molar-refractivity contribution >= 4 is 22.2 Å². The van der Waals surface area contributed by atoms with Crippen molar-refractivity contribution in [2.24, 2.45) is 0 Å². The van der Waals surface area contributed by atoms with E-state index < -0.39 is 6.23 Å². The van der Waals surface area contributed by atoms with Crippen molar-refractivity contribution in [1.82, 2.24) is 5.32 Å². The summed E-state index contributed by atoms with van der Waals surface area (Å²) in [7, 11) is 0. The van der Waals surface area contributed by atoms with Gasteiger partial charge in [0, 0.05) is 16.5 Å². The highest BCUT2D eigenvalue weighted by Crippen LogP contribution is 2.41. The van der Waals surface area contributed by atoms with E-state index in [9.17, 15) is 4.79 Å². The Morgan fingerprint density at radius 2 is 2.41 bits per heavy atom. The van der Waals surface area contributed by atoms with Gasteiger partial charge in [0.15, 0.2) is 12.5 Å². The maximum Gasteiger partial charge on any atom is 0.165 e. The van der Waals surface area contributed by atoms with Crippen LogP contribution in [0.3, 0.4) is 0 Å². The molecule has 2 atom stereocenters. The van der Waals surface area contributed by atoms with Gasteiger partial charge in [0.25, 0.3) is 0 Å². The Hall–Kier alpha value is -0.910. The molecule has 17 heavy (non-hydrogen) atoms. The lowest BCUT2D eigenvalue weighted by Gasteiger charge is -2.34. The van der Waals surface area contributed by atoms with Crippen molar-refractivity contribution in [3.05, 3.63) is 28.2 Å². The largest absolute Gasteiger partial charge is 0.493 e. The summed E-state index contributed by atoms with van der Waals surface area (Å²) in [6.07, 6.45) is 1.10. The predicted octanol–water partition coefficient (Wildman–Crippen LogP) is 1.57. The van der Waals surface area contributed by atoms with Gasteiger partial charge in [-0.1, -0.05) is 22.0 Å². The lowest BCUT2D eigenvalue weighted by molar-refractivity contribution is -0.116. The zero-order valence-electron chi connectivity index (χ0n) is 9.11. The second kappa shape index (κ2) is 4.08. The van der Waals surface area contributed by atoms with Crippen LogP contribution in [0.5, 0.6) is 5.75 Å². The van der Waals surface area contributed by atoms with Crippen LogP contribution in [-0.2, 0) is 15.1 Å². The van der Waals surface area contributed by atoms with Crippen molar-refractivity contribution in [2.45, 2.75) is 18.2 Å². The Morgan fingerprint density at radius 1 is 1.53 bits per heavy atom. The van der Waals surface area contributed by atoms with Crippen LogP contribution in [0.4, 0.5) is 0 Å². The molecule has 2 heterocycles. The average molecular weight is 298 g/mol. The van der Waals surface area contributed by atoms with Crippen LogP contribution in [-0.4, -0.2) is 25.7 Å². The van der Waals surface area contributed by atoms with E-state index in [4.69, 9.17) is 9.47 Å². The summed E-state index contributed by atoms with van der Waals surface area (Å²) in [5.41, 5.74) is 0.788. The molecule has 0 aliphatic carbocycles. The number of carbonyl (C=O) groups excluding carboxylic acids is 1. The van der Waals surface area contributed by atoms with Gasteiger partial charge in [-0.2, -0.15) is 0 Å². The van der Waals surface area contributed by atoms with Gasteiger partial charge in [-0.15, -0.1) is 0 Å². The van der Waals surface area contributed by atoms with Crippen molar-refractivity contribution in [2.75, 3.05) is 13.2 Å². The van der Waals surface area contributed by atoms with E-state index in [-0.39, 0.29) is 5.54 Å². The standard InChI is InChI=1S/C12H12BrNO3/c13-8-1-2-9-10(5-8)16-4-3-12(9)7-17-11(6-15)14-12/h1-2,5-6,11,14H,3-4,7H2/t11?,12-/m1/s1. The molecule has 90 valence electrons. The van der Waals surface area contributed by atoms with Crippen molar-refractivity contribution in [1.29, 1.82) is 0 Å². The fourth-order valence-corrected chi connectivity index (χ4v) is 2.78. The van der Waals surface area contributed by atoms with Gasteiger partial charge in [-0.3, -0.25) is 10.1 Å². The molecule has 1 spiro atoms. The van der Waals surface area contributed by atoms with E-state index in [1.165, 1.54) is 0 Å². The molecule has 1 saturated heterocycles. The quantitative estimate of drug-likeness (QED) is 0.800. The minimum atomic E-state index is -0.510. The number of aldehydes is 1. The molecule has 1 aromatic rings. The molecular weight excluding hydrogens is 286 g/mol. The first-order valence-corrected chi connectivity index (χ1v) is 6.30. The van der Waals surface area contributed by atoms with Gasteiger partial charge in [-0.25, -0.2) is 0 Å². The molecule has 2 aliphatic rings. The molecule has 1 N–H and O–H groups in total. The Balaban J connectivity index is 2.02. The summed E-state index contributed by atoms with van der Waals surface area (Å²) in [6, 6.07) is 5.94. The fraction of sp³-hybridized carbons (Fsp3) is 0.417. The number of fused-ring (bicyclic) bond motifs is 2. The summed E-state index contributed by atoms with van der Waals surface area (Å²) < 4.78 is 12.1. The number of nitrogens with one attached hydrogen (secondary N) is 1. The summed E-state index contributed by atoms with van der Waals surface area (Å²) in [6.45, 7) is 1.14. The van der Waals surface area contributed by atoms with E-state index >= 15 is 0 Å². The summed E-state index contributed by atoms with van der Waals surface area (Å²) in [5, 5.41) is 3.25. The first-order valence-electron chi connectivity index (χ1n) is 5.51. The van der Waals surface area contributed by atoms with Gasteiger partial charge < -0.3 is 9.47 Å². The minimum absolute atomic E-state index is 0.278. The second-order valence-corrected chi connectivity index (χ2v) is 5.25. The lowest BCUT2D eigenvalue weighted by atomic mass is 9.86. The molecule has 5 heteroatoms. The molecular formula is C12H12BrNO3. The zero-order chi connectivity index (χ0) is 11.9. The lowest BCUT2D eigenvalue weighted by Crippen LogP contribution is -2.46. The van der Waals surface area contributed by atoms with E-state index in [1.54, 1.807) is 0 Å². The topological polar surface area (TPSA) is 47.6 Å². The molecule has 0 radical (unpaired) electrons. The van der Waals surface area contributed by atoms with Gasteiger partial charge in [0.1, 0.15) is 5.75 Å². The normalized spacial score (nSPS) is 31.0. The van der Waals surface area contributed by atoms with Gasteiger partial charge >= 0.3 is 0 Å². The SMILES string of the molecule is O=CC1N[C@]2(CCOc3cc(Br)ccc32)CO1. The maximum atomic E-state index is 10.8. The second-order valence-electron chi connectivity index (χ2n) is 4.33. The van der Waals surface area contributed by atoms with Crippen LogP contribution in [0, 0.1) is 0 Å². The van der Waals surface area contributed by atoms with Crippen LogP contribution >= 0.6 is 15.9 Å². The Kier molecular flexibility index (Phi) is 2.69. The monoisotopic (exact) mass is 297 g/mol. The Bertz CT molecular complexity index is 465. The van der Waals surface area contributed by atoms with E-state index in [0.29, 0.717) is 13.2 Å². The third-order valence-electron chi connectivity index (χ3n) is 3.30. The number of hydrogen-bond acceptors (Lipinski definition) is 4. The number of rotatable bonds is 1. The predicted molar refractivity (Wildman–Crippen MR) is 64.9 cm³/mol. The Labute approximate surface area is 107 Å². The van der Waals surface area contributed by atoms with E-state index in [1.807, 2.05) is 18.2 Å². The first kappa shape index (κ1) is 11.2. The van der Waals surface area contributed by atoms with E-state index in [2.05, 4.69) is 21.2 Å². The van der Waals surface area contributed by atoms with Gasteiger partial charge in [0.05, 0.1) is 18.8 Å². The van der Waals surface area contributed by atoms with Gasteiger partial charge in [-0.05, 0) is 12.1 Å². The number of halogens is 1. The number of benzene rings is 1. The fourth-order valence-electron chi connectivity index (χ4n) is 2.44. The van der Waals surface area contributed by atoms with Crippen LogP contribution in [0.1, 0.15) is 12.0 Å². The number of hydrogen-bond donors (Lipinski definition) is 1. The number of ether oxygens (including phenoxy) is 2. The molecule has 0 saturated carbocycles. The molecule has 1 fully saturated rings. The molecule has 4 nitrogen and oxygen atoms in total. The molecule has 0 amide bonds. The highest BCUT2D eigenvalue weighted by Gasteiger charge is 2.44. The van der Waals surface area contributed by atoms with Crippen molar-refractivity contribution in [3.63, 3.8) is 0 Å². The third kappa shape index (κ3) is 1.78. The summed E-state index contributed by atoms with van der Waals surface area (Å²) in [5.74, 6) is 0.855.